The van der Waals surface area contributed by atoms with Crippen LogP contribution in [0.2, 0.25) is 0 Å². The van der Waals surface area contributed by atoms with Crippen molar-refractivity contribution in [2.45, 2.75) is 6.92 Å². The summed E-state index contributed by atoms with van der Waals surface area (Å²) in [4.78, 5) is 25.8. The summed E-state index contributed by atoms with van der Waals surface area (Å²) in [5.74, 6) is 0.849. The van der Waals surface area contributed by atoms with Crippen molar-refractivity contribution in [3.63, 3.8) is 0 Å². The van der Waals surface area contributed by atoms with Crippen LogP contribution in [0.1, 0.15) is 15.2 Å². The second-order valence-electron chi connectivity index (χ2n) is 4.90. The second kappa shape index (κ2) is 6.11. The molecular formula is C14H15BrN4OS. The zero-order valence-electron chi connectivity index (χ0n) is 11.6. The van der Waals surface area contributed by atoms with E-state index in [-0.39, 0.29) is 5.91 Å². The largest absolute Gasteiger partial charge is 0.337 e. The molecule has 7 heteroatoms. The molecule has 3 heterocycles. The Morgan fingerprint density at radius 1 is 1.24 bits per heavy atom. The predicted molar refractivity (Wildman–Crippen MR) is 86.9 cm³/mol. The van der Waals surface area contributed by atoms with E-state index in [1.807, 2.05) is 17.9 Å². The highest BCUT2D eigenvalue weighted by Gasteiger charge is 2.24. The third-order valence-corrected chi connectivity index (χ3v) is 5.59. The highest BCUT2D eigenvalue weighted by Crippen LogP contribution is 2.28. The van der Waals surface area contributed by atoms with Crippen LogP contribution in [-0.4, -0.2) is 47.0 Å². The molecule has 1 aliphatic rings. The SMILES string of the molecule is Cc1cc(C(=O)N2CCN(c3ncccn3)CC2)sc1Br. The normalized spacial score (nSPS) is 15.3. The van der Waals surface area contributed by atoms with Crippen LogP contribution in [0.5, 0.6) is 0 Å². The van der Waals surface area contributed by atoms with Gasteiger partial charge in [0.1, 0.15) is 0 Å². The monoisotopic (exact) mass is 366 g/mol. The number of hydrogen-bond acceptors (Lipinski definition) is 5. The Bertz CT molecular complexity index is 618. The molecule has 0 bridgehead atoms. The minimum absolute atomic E-state index is 0.113. The van der Waals surface area contributed by atoms with Crippen LogP contribution in [0, 0.1) is 6.92 Å². The molecule has 21 heavy (non-hydrogen) atoms. The van der Waals surface area contributed by atoms with E-state index in [1.165, 1.54) is 11.3 Å². The number of carbonyl (C=O) groups excluding carboxylic acids is 1. The van der Waals surface area contributed by atoms with E-state index in [9.17, 15) is 4.79 Å². The molecule has 0 spiro atoms. The third kappa shape index (κ3) is 3.08. The van der Waals surface area contributed by atoms with Gasteiger partial charge in [-0.25, -0.2) is 9.97 Å². The van der Waals surface area contributed by atoms with Crippen molar-refractivity contribution in [1.29, 1.82) is 0 Å². The van der Waals surface area contributed by atoms with E-state index < -0.39 is 0 Å². The Balaban J connectivity index is 1.64. The molecule has 1 amide bonds. The van der Waals surface area contributed by atoms with Crippen molar-refractivity contribution in [3.8, 4) is 0 Å². The first kappa shape index (κ1) is 14.5. The molecule has 1 aliphatic heterocycles. The van der Waals surface area contributed by atoms with Gasteiger partial charge in [0.25, 0.3) is 5.91 Å². The summed E-state index contributed by atoms with van der Waals surface area (Å²) >= 11 is 4.97. The number of rotatable bonds is 2. The lowest BCUT2D eigenvalue weighted by atomic mass is 10.3. The van der Waals surface area contributed by atoms with Gasteiger partial charge in [-0.1, -0.05) is 0 Å². The van der Waals surface area contributed by atoms with Gasteiger partial charge in [0, 0.05) is 38.6 Å². The van der Waals surface area contributed by atoms with Gasteiger partial charge in [-0.15, -0.1) is 11.3 Å². The summed E-state index contributed by atoms with van der Waals surface area (Å²) < 4.78 is 1.03. The maximum Gasteiger partial charge on any atom is 0.264 e. The van der Waals surface area contributed by atoms with Crippen molar-refractivity contribution in [2.24, 2.45) is 0 Å². The quantitative estimate of drug-likeness (QED) is 0.819. The third-order valence-electron chi connectivity index (χ3n) is 3.47. The molecule has 0 saturated carbocycles. The molecule has 2 aromatic rings. The minimum Gasteiger partial charge on any atom is -0.337 e. The number of aryl methyl sites for hydroxylation is 1. The average Bonchev–Trinajstić information content (AvgIpc) is 2.87. The molecule has 0 radical (unpaired) electrons. The summed E-state index contributed by atoms with van der Waals surface area (Å²) in [6, 6.07) is 3.75. The molecule has 1 fully saturated rings. The zero-order valence-corrected chi connectivity index (χ0v) is 14.0. The summed E-state index contributed by atoms with van der Waals surface area (Å²) in [6.45, 7) is 4.93. The van der Waals surface area contributed by atoms with E-state index >= 15 is 0 Å². The molecule has 0 aromatic carbocycles. The lowest BCUT2D eigenvalue weighted by Gasteiger charge is -2.34. The Kier molecular flexibility index (Phi) is 4.21. The van der Waals surface area contributed by atoms with Gasteiger partial charge >= 0.3 is 0 Å². The van der Waals surface area contributed by atoms with Crippen LogP contribution in [0.15, 0.2) is 28.3 Å². The van der Waals surface area contributed by atoms with E-state index in [4.69, 9.17) is 0 Å². The van der Waals surface area contributed by atoms with Gasteiger partial charge in [-0.05, 0) is 40.5 Å². The molecule has 3 rings (SSSR count). The van der Waals surface area contributed by atoms with Gasteiger partial charge < -0.3 is 9.80 Å². The van der Waals surface area contributed by atoms with Crippen LogP contribution >= 0.6 is 27.3 Å². The summed E-state index contributed by atoms with van der Waals surface area (Å²) in [5, 5.41) is 0. The highest BCUT2D eigenvalue weighted by molar-refractivity contribution is 9.11. The number of thiophene rings is 1. The number of amides is 1. The number of piperazine rings is 1. The number of nitrogens with zero attached hydrogens (tertiary/aromatic N) is 4. The van der Waals surface area contributed by atoms with Gasteiger partial charge in [-0.3, -0.25) is 4.79 Å². The molecule has 0 unspecified atom stereocenters. The smallest absolute Gasteiger partial charge is 0.264 e. The first-order valence-electron chi connectivity index (χ1n) is 6.72. The first-order valence-corrected chi connectivity index (χ1v) is 8.33. The van der Waals surface area contributed by atoms with Gasteiger partial charge in [0.2, 0.25) is 5.95 Å². The summed E-state index contributed by atoms with van der Waals surface area (Å²) in [7, 11) is 0. The fourth-order valence-corrected chi connectivity index (χ4v) is 3.79. The second-order valence-corrected chi connectivity index (χ2v) is 7.27. The Hall–Kier alpha value is -1.47. The van der Waals surface area contributed by atoms with Crippen molar-refractivity contribution in [3.05, 3.63) is 38.8 Å². The molecule has 110 valence electrons. The van der Waals surface area contributed by atoms with Crippen molar-refractivity contribution in [2.75, 3.05) is 31.1 Å². The van der Waals surface area contributed by atoms with Gasteiger partial charge in [0.15, 0.2) is 0 Å². The Labute approximate surface area is 135 Å². The van der Waals surface area contributed by atoms with Crippen LogP contribution < -0.4 is 4.90 Å². The lowest BCUT2D eigenvalue weighted by molar-refractivity contribution is 0.0751. The molecule has 2 aromatic heterocycles. The summed E-state index contributed by atoms with van der Waals surface area (Å²) in [5.41, 5.74) is 1.11. The van der Waals surface area contributed by atoms with Gasteiger partial charge in [0.05, 0.1) is 8.66 Å². The summed E-state index contributed by atoms with van der Waals surface area (Å²) in [6.07, 6.45) is 3.48. The van der Waals surface area contributed by atoms with Crippen LogP contribution in [0.25, 0.3) is 0 Å². The van der Waals surface area contributed by atoms with E-state index in [1.54, 1.807) is 18.5 Å². The highest BCUT2D eigenvalue weighted by atomic mass is 79.9. The maximum absolute atomic E-state index is 12.5. The average molecular weight is 367 g/mol. The van der Waals surface area contributed by atoms with Crippen molar-refractivity contribution in [1.82, 2.24) is 14.9 Å². The molecule has 5 nitrogen and oxygen atoms in total. The number of aromatic nitrogens is 2. The van der Waals surface area contributed by atoms with Gasteiger partial charge in [-0.2, -0.15) is 0 Å². The van der Waals surface area contributed by atoms with Crippen molar-refractivity contribution >= 4 is 39.1 Å². The van der Waals surface area contributed by atoms with Crippen molar-refractivity contribution < 1.29 is 4.79 Å². The molecule has 1 saturated heterocycles. The van der Waals surface area contributed by atoms with Crippen LogP contribution in [-0.2, 0) is 0 Å². The fourth-order valence-electron chi connectivity index (χ4n) is 2.29. The molecule has 0 aliphatic carbocycles. The Morgan fingerprint density at radius 3 is 2.48 bits per heavy atom. The maximum atomic E-state index is 12.5. The Morgan fingerprint density at radius 2 is 1.90 bits per heavy atom. The molecule has 0 N–H and O–H groups in total. The number of carbonyl (C=O) groups is 1. The van der Waals surface area contributed by atoms with E-state index in [0.29, 0.717) is 13.1 Å². The first-order chi connectivity index (χ1) is 10.1. The number of anilines is 1. The van der Waals surface area contributed by atoms with E-state index in [2.05, 4.69) is 30.8 Å². The number of halogens is 1. The molecule has 0 atom stereocenters. The zero-order chi connectivity index (χ0) is 14.8. The standard InChI is InChI=1S/C14H15BrN4OS/c1-10-9-11(21-12(10)15)13(20)18-5-7-19(8-6-18)14-16-3-2-4-17-14/h2-4,9H,5-8H2,1H3. The van der Waals surface area contributed by atoms with E-state index in [0.717, 1.165) is 33.3 Å². The number of hydrogen-bond donors (Lipinski definition) is 0. The minimum atomic E-state index is 0.113. The molecular weight excluding hydrogens is 352 g/mol. The fraction of sp³-hybridized carbons (Fsp3) is 0.357. The topological polar surface area (TPSA) is 49.3 Å². The predicted octanol–water partition coefficient (Wildman–Crippen LogP) is 2.57. The van der Waals surface area contributed by atoms with Crippen LogP contribution in [0.4, 0.5) is 5.95 Å². The van der Waals surface area contributed by atoms with Crippen LogP contribution in [0.3, 0.4) is 0 Å². The lowest BCUT2D eigenvalue weighted by Crippen LogP contribution is -2.49.